The third kappa shape index (κ3) is 2.69. The lowest BCUT2D eigenvalue weighted by Crippen LogP contribution is -1.86. The van der Waals surface area contributed by atoms with E-state index in [2.05, 4.69) is 20.2 Å². The minimum atomic E-state index is 0.311. The van der Waals surface area contributed by atoms with E-state index in [0.29, 0.717) is 10.7 Å². The highest BCUT2D eigenvalue weighted by Crippen LogP contribution is 2.31. The molecule has 8 heteroatoms. The molecular weight excluding hydrogens is 262 g/mol. The molecule has 0 bridgehead atoms. The Morgan fingerprint density at radius 1 is 1.25 bits per heavy atom. The van der Waals surface area contributed by atoms with Gasteiger partial charge in [-0.25, -0.2) is 9.97 Å². The molecule has 0 radical (unpaired) electrons. The summed E-state index contributed by atoms with van der Waals surface area (Å²) in [5.41, 5.74) is 0.311. The summed E-state index contributed by atoms with van der Waals surface area (Å²) in [5, 5.41) is 17.3. The molecule has 0 aromatic carbocycles. The summed E-state index contributed by atoms with van der Waals surface area (Å²) < 4.78 is 1.74. The molecule has 0 aliphatic heterocycles. The molecule has 0 saturated heterocycles. The zero-order valence-electron chi connectivity index (χ0n) is 8.12. The van der Waals surface area contributed by atoms with E-state index in [9.17, 15) is 0 Å². The minimum Gasteiger partial charge on any atom is -0.245 e. The van der Waals surface area contributed by atoms with Crippen LogP contribution in [0.5, 0.6) is 0 Å². The quantitative estimate of drug-likeness (QED) is 0.788. The molecule has 0 atom stereocenters. The maximum absolute atomic E-state index is 8.57. The van der Waals surface area contributed by atoms with Crippen molar-refractivity contribution in [3.63, 3.8) is 0 Å². The van der Waals surface area contributed by atoms with Gasteiger partial charge in [0.1, 0.15) is 11.1 Å². The Morgan fingerprint density at radius 3 is 2.62 bits per heavy atom. The smallest absolute Gasteiger partial charge is 0.181 e. The van der Waals surface area contributed by atoms with Gasteiger partial charge in [-0.3, -0.25) is 0 Å². The van der Waals surface area contributed by atoms with E-state index in [1.807, 2.05) is 12.3 Å². The first-order valence-corrected chi connectivity index (χ1v) is 6.95. The standard InChI is InChI=1S/C8H5N5S3/c1-14-7-12-13-8(16-7)15-6-4-10-5(2-9)3-11-6/h3-4H,1H3. The molecule has 2 aromatic heterocycles. The normalized spacial score (nSPS) is 10.0. The van der Waals surface area contributed by atoms with Gasteiger partial charge in [0, 0.05) is 0 Å². The van der Waals surface area contributed by atoms with Crippen molar-refractivity contribution in [1.29, 1.82) is 5.26 Å². The van der Waals surface area contributed by atoms with E-state index in [-0.39, 0.29) is 0 Å². The first-order valence-electron chi connectivity index (χ1n) is 4.09. The Kier molecular flexibility index (Phi) is 3.71. The Bertz CT molecular complexity index is 515. The van der Waals surface area contributed by atoms with Crippen molar-refractivity contribution in [3.8, 4) is 6.07 Å². The third-order valence-corrected chi connectivity index (χ3v) is 4.37. The molecule has 0 amide bonds. The maximum Gasteiger partial charge on any atom is 0.181 e. The van der Waals surface area contributed by atoms with Crippen LogP contribution >= 0.6 is 34.9 Å². The van der Waals surface area contributed by atoms with Gasteiger partial charge in [0.25, 0.3) is 0 Å². The summed E-state index contributed by atoms with van der Waals surface area (Å²) in [6.45, 7) is 0. The highest BCUT2D eigenvalue weighted by atomic mass is 32.2. The molecule has 5 nitrogen and oxygen atoms in total. The first kappa shape index (κ1) is 11.3. The molecule has 0 fully saturated rings. The molecule has 0 unspecified atom stereocenters. The van der Waals surface area contributed by atoms with Crippen molar-refractivity contribution in [2.45, 2.75) is 13.7 Å². The van der Waals surface area contributed by atoms with Gasteiger partial charge in [0.05, 0.1) is 12.4 Å². The van der Waals surface area contributed by atoms with Crippen molar-refractivity contribution in [3.05, 3.63) is 18.1 Å². The molecular formula is C8H5N5S3. The van der Waals surface area contributed by atoms with Gasteiger partial charge in [-0.2, -0.15) is 5.26 Å². The molecule has 80 valence electrons. The lowest BCUT2D eigenvalue weighted by atomic mass is 10.5. The van der Waals surface area contributed by atoms with Crippen LogP contribution in [0.3, 0.4) is 0 Å². The van der Waals surface area contributed by atoms with Crippen molar-refractivity contribution < 1.29 is 0 Å². The van der Waals surface area contributed by atoms with Crippen molar-refractivity contribution in [2.75, 3.05) is 6.26 Å². The fourth-order valence-corrected chi connectivity index (χ4v) is 3.13. The van der Waals surface area contributed by atoms with E-state index in [0.717, 1.165) is 8.68 Å². The molecule has 2 aromatic rings. The van der Waals surface area contributed by atoms with Gasteiger partial charge in [0.2, 0.25) is 0 Å². The average molecular weight is 267 g/mol. The highest BCUT2D eigenvalue weighted by Gasteiger charge is 2.06. The van der Waals surface area contributed by atoms with E-state index in [1.165, 1.54) is 29.3 Å². The molecule has 0 aliphatic carbocycles. The number of nitriles is 1. The summed E-state index contributed by atoms with van der Waals surface area (Å²) in [6, 6.07) is 1.92. The summed E-state index contributed by atoms with van der Waals surface area (Å²) in [5.74, 6) is 0. The molecule has 0 spiro atoms. The van der Waals surface area contributed by atoms with E-state index in [4.69, 9.17) is 5.26 Å². The van der Waals surface area contributed by atoms with Gasteiger partial charge in [-0.05, 0) is 18.0 Å². The number of hydrogen-bond donors (Lipinski definition) is 0. The minimum absolute atomic E-state index is 0.311. The van der Waals surface area contributed by atoms with Crippen LogP contribution in [-0.2, 0) is 0 Å². The Hall–Kier alpha value is -1.17. The highest BCUT2D eigenvalue weighted by molar-refractivity contribution is 8.02. The van der Waals surface area contributed by atoms with Crippen molar-refractivity contribution >= 4 is 34.9 Å². The number of thioether (sulfide) groups is 1. The first-order chi connectivity index (χ1) is 7.81. The fraction of sp³-hybridized carbons (Fsp3) is 0.125. The lowest BCUT2D eigenvalue weighted by molar-refractivity contribution is 0.951. The van der Waals surface area contributed by atoms with Crippen molar-refractivity contribution in [1.82, 2.24) is 20.2 Å². The topological polar surface area (TPSA) is 75.3 Å². The molecule has 0 N–H and O–H groups in total. The SMILES string of the molecule is CSc1nnc(Sc2cnc(C#N)cn2)s1. The van der Waals surface area contributed by atoms with E-state index < -0.39 is 0 Å². The number of aromatic nitrogens is 4. The Balaban J connectivity index is 2.11. The van der Waals surface area contributed by atoms with Gasteiger partial charge in [-0.1, -0.05) is 23.1 Å². The zero-order valence-corrected chi connectivity index (χ0v) is 10.6. The van der Waals surface area contributed by atoms with Crippen LogP contribution in [-0.4, -0.2) is 26.4 Å². The van der Waals surface area contributed by atoms with E-state index >= 15 is 0 Å². The molecule has 16 heavy (non-hydrogen) atoms. The van der Waals surface area contributed by atoms with Crippen LogP contribution in [0.1, 0.15) is 5.69 Å². The summed E-state index contributed by atoms with van der Waals surface area (Å²) in [6.07, 6.45) is 4.96. The summed E-state index contributed by atoms with van der Waals surface area (Å²) in [4.78, 5) is 8.02. The zero-order chi connectivity index (χ0) is 11.4. The van der Waals surface area contributed by atoms with Crippen LogP contribution in [0.2, 0.25) is 0 Å². The van der Waals surface area contributed by atoms with Crippen LogP contribution in [0.4, 0.5) is 0 Å². The van der Waals surface area contributed by atoms with Gasteiger partial charge in [0.15, 0.2) is 14.4 Å². The average Bonchev–Trinajstić information content (AvgIpc) is 2.78. The molecule has 0 saturated carbocycles. The van der Waals surface area contributed by atoms with E-state index in [1.54, 1.807) is 18.0 Å². The number of nitrogens with zero attached hydrogens (tertiary/aromatic N) is 5. The Morgan fingerprint density at radius 2 is 2.06 bits per heavy atom. The predicted octanol–water partition coefficient (Wildman–Crippen LogP) is 2.07. The van der Waals surface area contributed by atoms with Crippen LogP contribution in [0.25, 0.3) is 0 Å². The van der Waals surface area contributed by atoms with Crippen LogP contribution in [0, 0.1) is 11.3 Å². The fourth-order valence-electron chi connectivity index (χ4n) is 0.837. The number of hydrogen-bond acceptors (Lipinski definition) is 8. The number of rotatable bonds is 3. The molecule has 2 rings (SSSR count). The van der Waals surface area contributed by atoms with Gasteiger partial charge < -0.3 is 0 Å². The maximum atomic E-state index is 8.57. The van der Waals surface area contributed by atoms with Crippen LogP contribution in [0.15, 0.2) is 26.1 Å². The lowest BCUT2D eigenvalue weighted by Gasteiger charge is -1.94. The molecule has 0 aliphatic rings. The van der Waals surface area contributed by atoms with Crippen molar-refractivity contribution in [2.24, 2.45) is 0 Å². The Labute approximate surface area is 104 Å². The predicted molar refractivity (Wildman–Crippen MR) is 62.6 cm³/mol. The second kappa shape index (κ2) is 5.25. The second-order valence-corrected chi connectivity index (χ2v) is 5.79. The molecule has 2 heterocycles. The summed E-state index contributed by atoms with van der Waals surface area (Å²) >= 11 is 4.46. The third-order valence-electron chi connectivity index (χ3n) is 1.50. The monoisotopic (exact) mass is 267 g/mol. The van der Waals surface area contributed by atoms with Crippen LogP contribution < -0.4 is 0 Å². The van der Waals surface area contributed by atoms with Gasteiger partial charge >= 0.3 is 0 Å². The largest absolute Gasteiger partial charge is 0.245 e. The van der Waals surface area contributed by atoms with Gasteiger partial charge in [-0.15, -0.1) is 10.2 Å². The summed E-state index contributed by atoms with van der Waals surface area (Å²) in [7, 11) is 0. The second-order valence-electron chi connectivity index (χ2n) is 2.49.